The Labute approximate surface area is 181 Å². The average Bonchev–Trinajstić information content (AvgIpc) is 2.75. The van der Waals surface area contributed by atoms with Crippen LogP contribution in [0.15, 0.2) is 77.7 Å². The summed E-state index contributed by atoms with van der Waals surface area (Å²) in [5.74, 6) is -0.341. The van der Waals surface area contributed by atoms with Crippen molar-refractivity contribution < 1.29 is 13.2 Å². The summed E-state index contributed by atoms with van der Waals surface area (Å²) in [5.41, 5.74) is 3.00. The van der Waals surface area contributed by atoms with Gasteiger partial charge < -0.3 is 5.32 Å². The lowest BCUT2D eigenvalue weighted by Gasteiger charge is -2.31. The summed E-state index contributed by atoms with van der Waals surface area (Å²) in [6, 6.07) is 21.7. The molecule has 4 rings (SSSR count). The Morgan fingerprint density at radius 1 is 0.900 bits per heavy atom. The van der Waals surface area contributed by atoms with E-state index in [-0.39, 0.29) is 17.3 Å². The summed E-state index contributed by atoms with van der Waals surface area (Å²) < 4.78 is 27.6. The zero-order valence-corrected chi connectivity index (χ0v) is 17.8. The number of nitrogens with one attached hydrogen (secondary N) is 1. The van der Waals surface area contributed by atoms with Gasteiger partial charge in [-0.25, -0.2) is 8.42 Å². The SMILES string of the molecule is O=C(CN1c2ccccc2-c2ccccc2S1(=O)=O)NCCCc1ccccc1Cl. The van der Waals surface area contributed by atoms with E-state index in [0.717, 1.165) is 17.5 Å². The molecule has 0 radical (unpaired) electrons. The van der Waals surface area contributed by atoms with Crippen molar-refractivity contribution in [1.29, 1.82) is 0 Å². The van der Waals surface area contributed by atoms with Crippen LogP contribution in [0.2, 0.25) is 5.02 Å². The molecule has 0 saturated carbocycles. The lowest BCUT2D eigenvalue weighted by molar-refractivity contribution is -0.119. The summed E-state index contributed by atoms with van der Waals surface area (Å²) >= 11 is 6.15. The first-order valence-electron chi connectivity index (χ1n) is 9.70. The average molecular weight is 441 g/mol. The van der Waals surface area contributed by atoms with Crippen molar-refractivity contribution in [2.45, 2.75) is 17.7 Å². The molecule has 1 heterocycles. The molecule has 1 aliphatic rings. The van der Waals surface area contributed by atoms with Crippen molar-refractivity contribution in [3.8, 4) is 11.1 Å². The molecule has 1 N–H and O–H groups in total. The maximum Gasteiger partial charge on any atom is 0.265 e. The second-order valence-corrected chi connectivity index (χ2v) is 9.31. The fourth-order valence-corrected chi connectivity index (χ4v) is 5.52. The maximum atomic E-state index is 13.2. The van der Waals surface area contributed by atoms with Gasteiger partial charge in [0, 0.05) is 22.7 Å². The molecule has 0 bridgehead atoms. The number of carbonyl (C=O) groups excluding carboxylic acids is 1. The Morgan fingerprint density at radius 2 is 1.57 bits per heavy atom. The van der Waals surface area contributed by atoms with E-state index in [1.54, 1.807) is 30.3 Å². The first-order chi connectivity index (χ1) is 14.5. The number of benzene rings is 3. The second kappa shape index (κ2) is 8.50. The highest BCUT2D eigenvalue weighted by molar-refractivity contribution is 7.93. The van der Waals surface area contributed by atoms with Crippen LogP contribution in [-0.2, 0) is 21.2 Å². The summed E-state index contributed by atoms with van der Waals surface area (Å²) in [6.45, 7) is 0.177. The smallest absolute Gasteiger partial charge is 0.265 e. The molecule has 5 nitrogen and oxygen atoms in total. The summed E-state index contributed by atoms with van der Waals surface area (Å²) in [5, 5.41) is 3.53. The van der Waals surface area contributed by atoms with Gasteiger partial charge in [0.15, 0.2) is 0 Å². The van der Waals surface area contributed by atoms with Gasteiger partial charge in [-0.3, -0.25) is 9.10 Å². The topological polar surface area (TPSA) is 66.5 Å². The molecule has 1 amide bonds. The molecule has 3 aromatic carbocycles. The number of hydrogen-bond donors (Lipinski definition) is 1. The normalized spacial score (nSPS) is 14.0. The molecule has 7 heteroatoms. The van der Waals surface area contributed by atoms with Gasteiger partial charge in [0.2, 0.25) is 5.91 Å². The van der Waals surface area contributed by atoms with Crippen molar-refractivity contribution in [1.82, 2.24) is 5.32 Å². The fraction of sp³-hybridized carbons (Fsp3) is 0.174. The number of amides is 1. The van der Waals surface area contributed by atoms with Crippen molar-refractivity contribution >= 4 is 33.2 Å². The lowest BCUT2D eigenvalue weighted by atomic mass is 10.0. The summed E-state index contributed by atoms with van der Waals surface area (Å²) in [7, 11) is -3.82. The van der Waals surface area contributed by atoms with Gasteiger partial charge in [-0.05, 0) is 36.6 Å². The van der Waals surface area contributed by atoms with Crippen molar-refractivity contribution in [3.05, 3.63) is 83.4 Å². The van der Waals surface area contributed by atoms with Crippen LogP contribution in [0.4, 0.5) is 5.69 Å². The number of para-hydroxylation sites is 1. The Bertz CT molecular complexity index is 1190. The van der Waals surface area contributed by atoms with Crippen LogP contribution < -0.4 is 9.62 Å². The molecule has 3 aromatic rings. The van der Waals surface area contributed by atoms with Crippen LogP contribution in [0.5, 0.6) is 0 Å². The Balaban J connectivity index is 1.46. The van der Waals surface area contributed by atoms with Crippen molar-refractivity contribution in [2.75, 3.05) is 17.4 Å². The van der Waals surface area contributed by atoms with Crippen LogP contribution in [0.1, 0.15) is 12.0 Å². The standard InChI is InChI=1S/C23H21ClN2O3S/c24-20-12-4-1-8-17(20)9-7-15-25-23(27)16-26-21-13-5-2-10-18(21)19-11-3-6-14-22(19)30(26,28)29/h1-6,8,10-14H,7,9,15-16H2,(H,25,27). The second-order valence-electron chi connectivity index (χ2n) is 7.07. The maximum absolute atomic E-state index is 13.2. The third-order valence-corrected chi connectivity index (χ3v) is 7.29. The van der Waals surface area contributed by atoms with Crippen LogP contribution in [0, 0.1) is 0 Å². The largest absolute Gasteiger partial charge is 0.355 e. The number of carbonyl (C=O) groups is 1. The van der Waals surface area contributed by atoms with Crippen LogP contribution >= 0.6 is 11.6 Å². The molecule has 0 saturated heterocycles. The Hall–Kier alpha value is -2.83. The van der Waals surface area contributed by atoms with Gasteiger partial charge in [0.05, 0.1) is 10.6 Å². The fourth-order valence-electron chi connectivity index (χ4n) is 3.65. The van der Waals surface area contributed by atoms with E-state index >= 15 is 0 Å². The zero-order chi connectivity index (χ0) is 21.1. The van der Waals surface area contributed by atoms with E-state index in [0.29, 0.717) is 29.2 Å². The van der Waals surface area contributed by atoms with Crippen LogP contribution in [0.3, 0.4) is 0 Å². The number of halogens is 1. The molecule has 0 aromatic heterocycles. The number of hydrogen-bond acceptors (Lipinski definition) is 3. The monoisotopic (exact) mass is 440 g/mol. The Kier molecular flexibility index (Phi) is 5.79. The highest BCUT2D eigenvalue weighted by atomic mass is 35.5. The van der Waals surface area contributed by atoms with E-state index in [4.69, 9.17) is 11.6 Å². The third-order valence-electron chi connectivity index (χ3n) is 5.11. The minimum absolute atomic E-state index is 0.218. The molecule has 0 fully saturated rings. The molecule has 0 spiro atoms. The van der Waals surface area contributed by atoms with Crippen molar-refractivity contribution in [2.24, 2.45) is 0 Å². The first-order valence-corrected chi connectivity index (χ1v) is 11.5. The molecule has 154 valence electrons. The van der Waals surface area contributed by atoms with Gasteiger partial charge >= 0.3 is 0 Å². The van der Waals surface area contributed by atoms with Gasteiger partial charge in [-0.15, -0.1) is 0 Å². The minimum atomic E-state index is -3.82. The molecule has 30 heavy (non-hydrogen) atoms. The minimum Gasteiger partial charge on any atom is -0.355 e. The predicted molar refractivity (Wildman–Crippen MR) is 119 cm³/mol. The molecule has 0 aliphatic carbocycles. The zero-order valence-electron chi connectivity index (χ0n) is 16.2. The number of fused-ring (bicyclic) bond motifs is 3. The van der Waals surface area contributed by atoms with Crippen molar-refractivity contribution in [3.63, 3.8) is 0 Å². The van der Waals surface area contributed by atoms with E-state index in [1.165, 1.54) is 4.31 Å². The Morgan fingerprint density at radius 3 is 2.37 bits per heavy atom. The van der Waals surface area contributed by atoms with E-state index in [9.17, 15) is 13.2 Å². The first kappa shape index (κ1) is 20.4. The molecule has 0 atom stereocenters. The lowest BCUT2D eigenvalue weighted by Crippen LogP contribution is -2.42. The highest BCUT2D eigenvalue weighted by Crippen LogP contribution is 2.42. The van der Waals surface area contributed by atoms with E-state index < -0.39 is 10.0 Å². The van der Waals surface area contributed by atoms with E-state index in [1.807, 2.05) is 42.5 Å². The number of sulfonamides is 1. The molecular formula is C23H21ClN2O3S. The van der Waals surface area contributed by atoms with E-state index in [2.05, 4.69) is 5.32 Å². The van der Waals surface area contributed by atoms with Gasteiger partial charge in [0.1, 0.15) is 6.54 Å². The van der Waals surface area contributed by atoms with Gasteiger partial charge in [-0.2, -0.15) is 0 Å². The highest BCUT2D eigenvalue weighted by Gasteiger charge is 2.35. The molecular weight excluding hydrogens is 420 g/mol. The van der Waals surface area contributed by atoms with Crippen LogP contribution in [0.25, 0.3) is 11.1 Å². The summed E-state index contributed by atoms with van der Waals surface area (Å²) in [4.78, 5) is 12.8. The predicted octanol–water partition coefficient (Wildman–Crippen LogP) is 4.26. The number of nitrogens with zero attached hydrogens (tertiary/aromatic N) is 1. The van der Waals surface area contributed by atoms with Gasteiger partial charge in [-0.1, -0.05) is 66.2 Å². The molecule has 0 unspecified atom stereocenters. The van der Waals surface area contributed by atoms with Gasteiger partial charge in [0.25, 0.3) is 10.0 Å². The quantitative estimate of drug-likeness (QED) is 0.582. The summed E-state index contributed by atoms with van der Waals surface area (Å²) in [6.07, 6.45) is 1.44. The third kappa shape index (κ3) is 3.93. The van der Waals surface area contributed by atoms with Crippen LogP contribution in [-0.4, -0.2) is 27.4 Å². The molecule has 1 aliphatic heterocycles. The number of rotatable bonds is 6. The number of aryl methyl sites for hydroxylation is 1. The number of anilines is 1.